The van der Waals surface area contributed by atoms with Gasteiger partial charge in [0.25, 0.3) is 0 Å². The highest BCUT2D eigenvalue weighted by Crippen LogP contribution is 2.31. The van der Waals surface area contributed by atoms with E-state index in [4.69, 9.17) is 0 Å². The Morgan fingerprint density at radius 2 is 1.67 bits per heavy atom. The van der Waals surface area contributed by atoms with E-state index in [1.807, 2.05) is 4.90 Å². The number of nitrogens with zero attached hydrogens (tertiary/aromatic N) is 1. The van der Waals surface area contributed by atoms with Crippen LogP contribution in [0.5, 0.6) is 0 Å². The van der Waals surface area contributed by atoms with Crippen LogP contribution in [0.4, 0.5) is 0 Å². The molecule has 0 spiro atoms. The van der Waals surface area contributed by atoms with E-state index in [0.29, 0.717) is 6.54 Å². The van der Waals surface area contributed by atoms with Gasteiger partial charge < -0.3 is 15.3 Å². The molecule has 136 valence electrons. The summed E-state index contributed by atoms with van der Waals surface area (Å²) in [5.74, 6) is 0.435. The quantitative estimate of drug-likeness (QED) is 0.828. The molecule has 0 aromatic carbocycles. The van der Waals surface area contributed by atoms with Crippen molar-refractivity contribution in [1.29, 1.82) is 0 Å². The fourth-order valence-electron chi connectivity index (χ4n) is 4.65. The zero-order chi connectivity index (χ0) is 17.0. The van der Waals surface area contributed by atoms with E-state index in [1.165, 1.54) is 19.3 Å². The highest BCUT2D eigenvalue weighted by molar-refractivity contribution is 5.80. The summed E-state index contributed by atoms with van der Waals surface area (Å²) in [6, 6.07) is 0.0530. The van der Waals surface area contributed by atoms with E-state index < -0.39 is 5.60 Å². The second-order valence-corrected chi connectivity index (χ2v) is 8.13. The van der Waals surface area contributed by atoms with Gasteiger partial charge in [0, 0.05) is 25.0 Å². The number of likely N-dealkylation sites (tertiary alicyclic amines) is 1. The maximum atomic E-state index is 12.6. The van der Waals surface area contributed by atoms with E-state index in [9.17, 15) is 14.7 Å². The van der Waals surface area contributed by atoms with Crippen LogP contribution in [-0.2, 0) is 9.59 Å². The Morgan fingerprint density at radius 3 is 2.38 bits per heavy atom. The Bertz CT molecular complexity index is 454. The van der Waals surface area contributed by atoms with E-state index in [2.05, 4.69) is 5.32 Å². The lowest BCUT2D eigenvalue weighted by atomic mass is 9.82. The number of amides is 2. The van der Waals surface area contributed by atoms with Crippen LogP contribution < -0.4 is 5.32 Å². The molecule has 1 unspecified atom stereocenters. The molecule has 5 heteroatoms. The third-order valence-electron chi connectivity index (χ3n) is 6.09. The molecule has 0 bridgehead atoms. The molecule has 2 saturated carbocycles. The van der Waals surface area contributed by atoms with Crippen LogP contribution >= 0.6 is 0 Å². The van der Waals surface area contributed by atoms with Crippen molar-refractivity contribution in [2.75, 3.05) is 13.1 Å². The molecule has 1 aliphatic heterocycles. The molecular weight excluding hydrogens is 304 g/mol. The maximum absolute atomic E-state index is 12.6. The fourth-order valence-corrected chi connectivity index (χ4v) is 4.65. The SMILES string of the molecule is O=C(CC1(O)CCCCC1)NC1CCN(C(=O)C2CCCCC2)C1. The predicted octanol–water partition coefficient (Wildman–Crippen LogP) is 2.37. The Kier molecular flexibility index (Phi) is 5.80. The average Bonchev–Trinajstić information content (AvgIpc) is 3.03. The molecule has 1 atom stereocenters. The molecule has 0 aromatic rings. The minimum Gasteiger partial charge on any atom is -0.389 e. The van der Waals surface area contributed by atoms with Crippen LogP contribution in [0.15, 0.2) is 0 Å². The van der Waals surface area contributed by atoms with Crippen molar-refractivity contribution in [2.45, 2.75) is 88.7 Å². The first kappa shape index (κ1) is 17.7. The molecule has 3 fully saturated rings. The van der Waals surface area contributed by atoms with Crippen LogP contribution in [0.3, 0.4) is 0 Å². The van der Waals surface area contributed by atoms with Crippen molar-refractivity contribution >= 4 is 11.8 Å². The molecule has 0 aromatic heterocycles. The zero-order valence-electron chi connectivity index (χ0n) is 14.8. The van der Waals surface area contributed by atoms with Gasteiger partial charge in [0.05, 0.1) is 12.0 Å². The summed E-state index contributed by atoms with van der Waals surface area (Å²) >= 11 is 0. The summed E-state index contributed by atoms with van der Waals surface area (Å²) in [7, 11) is 0. The molecule has 2 aliphatic carbocycles. The Hall–Kier alpha value is -1.10. The third-order valence-corrected chi connectivity index (χ3v) is 6.09. The minimum atomic E-state index is -0.807. The molecule has 0 radical (unpaired) electrons. The van der Waals surface area contributed by atoms with Crippen LogP contribution in [0, 0.1) is 5.92 Å². The van der Waals surface area contributed by atoms with Gasteiger partial charge in [-0.1, -0.05) is 38.5 Å². The topological polar surface area (TPSA) is 69.6 Å². The van der Waals surface area contributed by atoms with Gasteiger partial charge in [0.1, 0.15) is 0 Å². The maximum Gasteiger partial charge on any atom is 0.225 e. The van der Waals surface area contributed by atoms with Crippen LogP contribution in [0.1, 0.15) is 77.0 Å². The largest absolute Gasteiger partial charge is 0.389 e. The van der Waals surface area contributed by atoms with Gasteiger partial charge >= 0.3 is 0 Å². The molecule has 2 N–H and O–H groups in total. The van der Waals surface area contributed by atoms with E-state index in [0.717, 1.165) is 57.9 Å². The lowest BCUT2D eigenvalue weighted by molar-refractivity contribution is -0.136. The van der Waals surface area contributed by atoms with Crippen molar-refractivity contribution in [2.24, 2.45) is 5.92 Å². The fraction of sp³-hybridized carbons (Fsp3) is 0.895. The van der Waals surface area contributed by atoms with Crippen molar-refractivity contribution in [1.82, 2.24) is 10.2 Å². The van der Waals surface area contributed by atoms with Crippen molar-refractivity contribution in [3.63, 3.8) is 0 Å². The highest BCUT2D eigenvalue weighted by atomic mass is 16.3. The van der Waals surface area contributed by atoms with Gasteiger partial charge in [-0.2, -0.15) is 0 Å². The Labute approximate surface area is 145 Å². The van der Waals surface area contributed by atoms with Gasteiger partial charge in [0.15, 0.2) is 0 Å². The van der Waals surface area contributed by atoms with Crippen molar-refractivity contribution < 1.29 is 14.7 Å². The third kappa shape index (κ3) is 4.50. The van der Waals surface area contributed by atoms with Gasteiger partial charge in [-0.05, 0) is 32.1 Å². The summed E-state index contributed by atoms with van der Waals surface area (Å²) < 4.78 is 0. The molecule has 1 saturated heterocycles. The lowest BCUT2D eigenvalue weighted by Gasteiger charge is -2.31. The molecule has 2 amide bonds. The molecule has 1 heterocycles. The summed E-state index contributed by atoms with van der Waals surface area (Å²) in [6.07, 6.45) is 11.3. The van der Waals surface area contributed by atoms with E-state index in [-0.39, 0.29) is 30.2 Å². The lowest BCUT2D eigenvalue weighted by Crippen LogP contribution is -2.44. The van der Waals surface area contributed by atoms with Gasteiger partial charge in [0.2, 0.25) is 11.8 Å². The van der Waals surface area contributed by atoms with Gasteiger partial charge in [-0.25, -0.2) is 0 Å². The molecule has 5 nitrogen and oxygen atoms in total. The first-order valence-electron chi connectivity index (χ1n) is 9.86. The number of rotatable bonds is 4. The first-order valence-corrected chi connectivity index (χ1v) is 9.86. The average molecular weight is 336 g/mol. The number of carbonyl (C=O) groups excluding carboxylic acids is 2. The van der Waals surface area contributed by atoms with Crippen LogP contribution in [0.2, 0.25) is 0 Å². The standard InChI is InChI=1S/C19H32N2O3/c22-17(13-19(24)10-5-2-6-11-19)20-16-9-12-21(14-16)18(23)15-7-3-1-4-8-15/h15-16,24H,1-14H2,(H,20,22). The normalized spacial score (nSPS) is 27.9. The molecule has 24 heavy (non-hydrogen) atoms. The highest BCUT2D eigenvalue weighted by Gasteiger charge is 2.35. The Balaban J connectivity index is 1.43. The molecule has 3 rings (SSSR count). The molecular formula is C19H32N2O3. The van der Waals surface area contributed by atoms with Crippen LogP contribution in [-0.4, -0.2) is 46.6 Å². The molecule has 3 aliphatic rings. The number of nitrogens with one attached hydrogen (secondary N) is 1. The monoisotopic (exact) mass is 336 g/mol. The number of hydrogen-bond acceptors (Lipinski definition) is 3. The summed E-state index contributed by atoms with van der Waals surface area (Å²) in [6.45, 7) is 1.39. The zero-order valence-corrected chi connectivity index (χ0v) is 14.8. The van der Waals surface area contributed by atoms with Gasteiger partial charge in [-0.3, -0.25) is 9.59 Å². The first-order chi connectivity index (χ1) is 11.6. The van der Waals surface area contributed by atoms with Gasteiger partial charge in [-0.15, -0.1) is 0 Å². The van der Waals surface area contributed by atoms with Crippen molar-refractivity contribution in [3.05, 3.63) is 0 Å². The number of hydrogen-bond donors (Lipinski definition) is 2. The van der Waals surface area contributed by atoms with Crippen LogP contribution in [0.25, 0.3) is 0 Å². The predicted molar refractivity (Wildman–Crippen MR) is 92.4 cm³/mol. The summed E-state index contributed by atoms with van der Waals surface area (Å²) in [5.41, 5.74) is -0.807. The van der Waals surface area contributed by atoms with E-state index >= 15 is 0 Å². The second-order valence-electron chi connectivity index (χ2n) is 8.13. The number of carbonyl (C=O) groups is 2. The smallest absolute Gasteiger partial charge is 0.225 e. The minimum absolute atomic E-state index is 0.0530. The number of aliphatic hydroxyl groups is 1. The summed E-state index contributed by atoms with van der Waals surface area (Å²) in [5, 5.41) is 13.5. The van der Waals surface area contributed by atoms with E-state index in [1.54, 1.807) is 0 Å². The van der Waals surface area contributed by atoms with Crippen molar-refractivity contribution in [3.8, 4) is 0 Å². The second kappa shape index (κ2) is 7.85. The summed E-state index contributed by atoms with van der Waals surface area (Å²) in [4.78, 5) is 26.8. The Morgan fingerprint density at radius 1 is 1.00 bits per heavy atom.